The molecule has 0 radical (unpaired) electrons. The lowest BCUT2D eigenvalue weighted by Crippen LogP contribution is -2.42. The summed E-state index contributed by atoms with van der Waals surface area (Å²) in [7, 11) is 0. The highest BCUT2D eigenvalue weighted by molar-refractivity contribution is 5.79. The molecule has 0 aliphatic carbocycles. The third kappa shape index (κ3) is 8.98. The molecule has 0 aliphatic heterocycles. The zero-order valence-corrected chi connectivity index (χ0v) is 12.0. The molecule has 5 nitrogen and oxygen atoms in total. The molecular weight excluding hydrogens is 230 g/mol. The number of amides is 2. The van der Waals surface area contributed by atoms with Gasteiger partial charge in [-0.1, -0.05) is 13.3 Å². The Morgan fingerprint density at radius 1 is 1.22 bits per heavy atom. The standard InChI is InChI=1S/C13H27N3O2/c1-5-10(9-14)8-12(18)15-7-6-11(17)16-13(2,3)4/h10H,5-9,14H2,1-4H3,(H,15,18)(H,16,17). The quantitative estimate of drug-likeness (QED) is 0.630. The minimum absolute atomic E-state index is 0.0316. The first kappa shape index (κ1) is 16.9. The van der Waals surface area contributed by atoms with Crippen LogP contribution in [0.4, 0.5) is 0 Å². The molecule has 0 bridgehead atoms. The van der Waals surface area contributed by atoms with Crippen LogP contribution >= 0.6 is 0 Å². The van der Waals surface area contributed by atoms with E-state index in [1.165, 1.54) is 0 Å². The molecule has 0 saturated carbocycles. The number of carbonyl (C=O) groups excluding carboxylic acids is 2. The van der Waals surface area contributed by atoms with E-state index in [-0.39, 0.29) is 23.3 Å². The van der Waals surface area contributed by atoms with Crippen LogP contribution in [0.15, 0.2) is 0 Å². The summed E-state index contributed by atoms with van der Waals surface area (Å²) in [6.07, 6.45) is 1.64. The van der Waals surface area contributed by atoms with Crippen molar-refractivity contribution in [2.45, 2.75) is 52.5 Å². The zero-order chi connectivity index (χ0) is 14.2. The molecule has 0 aromatic rings. The molecular formula is C13H27N3O2. The van der Waals surface area contributed by atoms with Gasteiger partial charge in [0.1, 0.15) is 0 Å². The average Bonchev–Trinajstić information content (AvgIpc) is 2.23. The number of hydrogen-bond donors (Lipinski definition) is 3. The van der Waals surface area contributed by atoms with Gasteiger partial charge >= 0.3 is 0 Å². The van der Waals surface area contributed by atoms with Crippen LogP contribution in [-0.2, 0) is 9.59 Å². The molecule has 0 aromatic heterocycles. The Morgan fingerprint density at radius 3 is 2.28 bits per heavy atom. The summed E-state index contributed by atoms with van der Waals surface area (Å²) in [5.74, 6) is 0.151. The fraction of sp³-hybridized carbons (Fsp3) is 0.846. The van der Waals surface area contributed by atoms with Crippen molar-refractivity contribution in [2.24, 2.45) is 11.7 Å². The second-order valence-corrected chi connectivity index (χ2v) is 5.61. The van der Waals surface area contributed by atoms with E-state index in [4.69, 9.17) is 5.73 Å². The van der Waals surface area contributed by atoms with Crippen molar-refractivity contribution in [1.29, 1.82) is 0 Å². The Hall–Kier alpha value is -1.10. The van der Waals surface area contributed by atoms with Gasteiger partial charge in [-0.05, 0) is 33.2 Å². The lowest BCUT2D eigenvalue weighted by atomic mass is 10.0. The molecule has 1 unspecified atom stereocenters. The highest BCUT2D eigenvalue weighted by Crippen LogP contribution is 2.05. The van der Waals surface area contributed by atoms with Gasteiger partial charge in [0.05, 0.1) is 0 Å². The predicted octanol–water partition coefficient (Wildman–Crippen LogP) is 0.782. The summed E-state index contributed by atoms with van der Waals surface area (Å²) in [5, 5.41) is 5.59. The lowest BCUT2D eigenvalue weighted by Gasteiger charge is -2.20. The summed E-state index contributed by atoms with van der Waals surface area (Å²) in [4.78, 5) is 23.0. The molecule has 5 heteroatoms. The Labute approximate surface area is 110 Å². The topological polar surface area (TPSA) is 84.2 Å². The van der Waals surface area contributed by atoms with Crippen LogP contribution in [-0.4, -0.2) is 30.4 Å². The van der Waals surface area contributed by atoms with Crippen LogP contribution in [0.3, 0.4) is 0 Å². The predicted molar refractivity (Wildman–Crippen MR) is 73.0 cm³/mol. The molecule has 0 aromatic carbocycles. The zero-order valence-electron chi connectivity index (χ0n) is 12.0. The van der Waals surface area contributed by atoms with E-state index in [9.17, 15) is 9.59 Å². The SMILES string of the molecule is CCC(CN)CC(=O)NCCC(=O)NC(C)(C)C. The number of hydrogen-bond acceptors (Lipinski definition) is 3. The van der Waals surface area contributed by atoms with Crippen molar-refractivity contribution in [3.8, 4) is 0 Å². The van der Waals surface area contributed by atoms with Gasteiger partial charge in [-0.25, -0.2) is 0 Å². The molecule has 0 aliphatic rings. The number of nitrogens with two attached hydrogens (primary N) is 1. The Morgan fingerprint density at radius 2 is 1.83 bits per heavy atom. The highest BCUT2D eigenvalue weighted by Gasteiger charge is 2.14. The normalized spacial score (nSPS) is 12.9. The molecule has 4 N–H and O–H groups in total. The summed E-state index contributed by atoms with van der Waals surface area (Å²) in [6, 6.07) is 0. The van der Waals surface area contributed by atoms with Gasteiger partial charge < -0.3 is 16.4 Å². The van der Waals surface area contributed by atoms with Gasteiger partial charge in [0, 0.05) is 24.9 Å². The highest BCUT2D eigenvalue weighted by atomic mass is 16.2. The van der Waals surface area contributed by atoms with E-state index in [1.54, 1.807) is 0 Å². The Bertz CT molecular complexity index is 268. The first-order chi connectivity index (χ1) is 8.28. The maximum absolute atomic E-state index is 11.5. The van der Waals surface area contributed by atoms with Gasteiger partial charge in [0.25, 0.3) is 0 Å². The van der Waals surface area contributed by atoms with Crippen LogP contribution in [0.1, 0.15) is 47.0 Å². The molecule has 1 atom stereocenters. The van der Waals surface area contributed by atoms with Crippen molar-refractivity contribution in [2.75, 3.05) is 13.1 Å². The van der Waals surface area contributed by atoms with Crippen molar-refractivity contribution in [3.63, 3.8) is 0 Å². The van der Waals surface area contributed by atoms with Crippen LogP contribution in [0.5, 0.6) is 0 Å². The van der Waals surface area contributed by atoms with Gasteiger partial charge in [-0.2, -0.15) is 0 Å². The van der Waals surface area contributed by atoms with Crippen LogP contribution < -0.4 is 16.4 Å². The van der Waals surface area contributed by atoms with Gasteiger partial charge in [-0.3, -0.25) is 9.59 Å². The van der Waals surface area contributed by atoms with Crippen LogP contribution in [0, 0.1) is 5.92 Å². The summed E-state index contributed by atoms with van der Waals surface area (Å²) < 4.78 is 0. The number of nitrogens with one attached hydrogen (secondary N) is 2. The third-order valence-corrected chi connectivity index (χ3v) is 2.57. The van der Waals surface area contributed by atoms with Gasteiger partial charge in [0.15, 0.2) is 0 Å². The lowest BCUT2D eigenvalue weighted by molar-refractivity contribution is -0.123. The summed E-state index contributed by atoms with van der Waals surface area (Å²) in [6.45, 7) is 8.70. The fourth-order valence-corrected chi connectivity index (χ4v) is 1.52. The van der Waals surface area contributed by atoms with E-state index >= 15 is 0 Å². The second kappa shape index (κ2) is 8.08. The summed E-state index contributed by atoms with van der Waals surface area (Å²) in [5.41, 5.74) is 5.31. The first-order valence-electron chi connectivity index (χ1n) is 6.56. The smallest absolute Gasteiger partial charge is 0.222 e. The Kier molecular flexibility index (Phi) is 7.59. The van der Waals surface area contributed by atoms with Crippen LogP contribution in [0.2, 0.25) is 0 Å². The van der Waals surface area contributed by atoms with E-state index < -0.39 is 0 Å². The molecule has 2 amide bonds. The van der Waals surface area contributed by atoms with Crippen molar-refractivity contribution in [1.82, 2.24) is 10.6 Å². The largest absolute Gasteiger partial charge is 0.356 e. The maximum Gasteiger partial charge on any atom is 0.222 e. The van der Waals surface area contributed by atoms with Crippen molar-refractivity contribution < 1.29 is 9.59 Å². The Balaban J connectivity index is 3.78. The van der Waals surface area contributed by atoms with E-state index in [0.717, 1.165) is 6.42 Å². The molecule has 106 valence electrons. The van der Waals surface area contributed by atoms with E-state index in [1.807, 2.05) is 27.7 Å². The van der Waals surface area contributed by atoms with Crippen LogP contribution in [0.25, 0.3) is 0 Å². The van der Waals surface area contributed by atoms with Gasteiger partial charge in [-0.15, -0.1) is 0 Å². The van der Waals surface area contributed by atoms with E-state index in [2.05, 4.69) is 10.6 Å². The molecule has 0 spiro atoms. The van der Waals surface area contributed by atoms with Crippen molar-refractivity contribution >= 4 is 11.8 Å². The maximum atomic E-state index is 11.5. The molecule has 0 rings (SSSR count). The average molecular weight is 257 g/mol. The van der Waals surface area contributed by atoms with Crippen molar-refractivity contribution in [3.05, 3.63) is 0 Å². The molecule has 0 fully saturated rings. The number of rotatable bonds is 7. The molecule has 18 heavy (non-hydrogen) atoms. The number of carbonyl (C=O) groups is 2. The van der Waals surface area contributed by atoms with Gasteiger partial charge in [0.2, 0.25) is 11.8 Å². The first-order valence-corrected chi connectivity index (χ1v) is 6.56. The second-order valence-electron chi connectivity index (χ2n) is 5.61. The fourth-order valence-electron chi connectivity index (χ4n) is 1.52. The third-order valence-electron chi connectivity index (χ3n) is 2.57. The molecule has 0 saturated heterocycles. The minimum Gasteiger partial charge on any atom is -0.356 e. The minimum atomic E-state index is -0.228. The monoisotopic (exact) mass is 257 g/mol. The summed E-state index contributed by atoms with van der Waals surface area (Å²) >= 11 is 0. The van der Waals surface area contributed by atoms with E-state index in [0.29, 0.717) is 25.9 Å². The molecule has 0 heterocycles.